The topological polar surface area (TPSA) is 86.4 Å². The van der Waals surface area contributed by atoms with E-state index in [0.29, 0.717) is 0 Å². The van der Waals surface area contributed by atoms with Crippen molar-refractivity contribution in [2.75, 3.05) is 11.4 Å². The number of anilines is 1. The Morgan fingerprint density at radius 2 is 2.00 bits per heavy atom. The zero-order valence-corrected chi connectivity index (χ0v) is 13.6. The van der Waals surface area contributed by atoms with E-state index in [1.807, 2.05) is 42.6 Å². The van der Waals surface area contributed by atoms with Crippen molar-refractivity contribution < 1.29 is 0 Å². The summed E-state index contributed by atoms with van der Waals surface area (Å²) in [6.07, 6.45) is 5.64. The van der Waals surface area contributed by atoms with E-state index in [2.05, 4.69) is 30.0 Å². The van der Waals surface area contributed by atoms with Gasteiger partial charge in [-0.1, -0.05) is 30.3 Å². The molecule has 0 spiro atoms. The number of aromatic amines is 2. The number of nitrogens with one attached hydrogen (secondary N) is 2. The molecule has 1 aromatic carbocycles. The molecule has 1 atom stereocenters. The second-order valence-electron chi connectivity index (χ2n) is 6.20. The Hall–Kier alpha value is -3.22. The van der Waals surface area contributed by atoms with Crippen LogP contribution in [-0.4, -0.2) is 36.7 Å². The molecule has 1 aliphatic heterocycles. The predicted octanol–water partition coefficient (Wildman–Crippen LogP) is 3.08. The fourth-order valence-electron chi connectivity index (χ4n) is 3.53. The lowest BCUT2D eigenvalue weighted by Gasteiger charge is -2.24. The highest BCUT2D eigenvalue weighted by molar-refractivity contribution is 5.87. The van der Waals surface area contributed by atoms with Gasteiger partial charge in [0.1, 0.15) is 23.6 Å². The number of rotatable bonds is 3. The average Bonchev–Trinajstić information content (AvgIpc) is 3.40. The first-order valence-electron chi connectivity index (χ1n) is 8.42. The molecule has 3 aromatic heterocycles. The van der Waals surface area contributed by atoms with Gasteiger partial charge in [0.2, 0.25) is 0 Å². The maximum atomic E-state index is 4.75. The van der Waals surface area contributed by atoms with E-state index in [1.165, 1.54) is 0 Å². The molecule has 1 saturated heterocycles. The van der Waals surface area contributed by atoms with Crippen LogP contribution in [0.2, 0.25) is 0 Å². The van der Waals surface area contributed by atoms with Crippen LogP contribution >= 0.6 is 0 Å². The number of nitrogens with zero attached hydrogens (tertiary/aromatic N) is 5. The number of hydrogen-bond donors (Lipinski definition) is 2. The van der Waals surface area contributed by atoms with Gasteiger partial charge in [-0.3, -0.25) is 5.10 Å². The van der Waals surface area contributed by atoms with Crippen LogP contribution in [0, 0.1) is 0 Å². The number of fused-ring (bicyclic) bond motifs is 1. The summed E-state index contributed by atoms with van der Waals surface area (Å²) in [6.45, 7) is 0.948. The number of hydrogen-bond acceptors (Lipinski definition) is 5. The molecule has 0 saturated carbocycles. The third-order valence-corrected chi connectivity index (χ3v) is 4.71. The van der Waals surface area contributed by atoms with Gasteiger partial charge in [0, 0.05) is 18.3 Å². The monoisotopic (exact) mass is 331 g/mol. The molecule has 7 heteroatoms. The maximum absolute atomic E-state index is 4.75. The summed E-state index contributed by atoms with van der Waals surface area (Å²) in [7, 11) is 0. The molecule has 7 nitrogen and oxygen atoms in total. The fourth-order valence-corrected chi connectivity index (χ4v) is 3.53. The molecule has 1 aliphatic rings. The van der Waals surface area contributed by atoms with Gasteiger partial charge < -0.3 is 9.88 Å². The zero-order chi connectivity index (χ0) is 16.6. The Bertz CT molecular complexity index is 1000. The normalized spacial score (nSPS) is 17.4. The van der Waals surface area contributed by atoms with Crippen LogP contribution in [-0.2, 0) is 0 Å². The van der Waals surface area contributed by atoms with E-state index in [9.17, 15) is 0 Å². The van der Waals surface area contributed by atoms with Crippen molar-refractivity contribution in [1.82, 2.24) is 30.1 Å². The Morgan fingerprint density at radius 3 is 2.92 bits per heavy atom. The Balaban J connectivity index is 1.52. The second-order valence-corrected chi connectivity index (χ2v) is 6.20. The maximum Gasteiger partial charge on any atom is 0.181 e. The summed E-state index contributed by atoms with van der Waals surface area (Å²) in [5, 5.41) is 8.58. The van der Waals surface area contributed by atoms with Gasteiger partial charge in [-0.15, -0.1) is 0 Å². The zero-order valence-electron chi connectivity index (χ0n) is 13.6. The van der Waals surface area contributed by atoms with E-state index in [1.54, 1.807) is 6.33 Å². The van der Waals surface area contributed by atoms with Gasteiger partial charge in [0.25, 0.3) is 0 Å². The molecule has 5 rings (SSSR count). The van der Waals surface area contributed by atoms with Crippen molar-refractivity contribution in [3.63, 3.8) is 0 Å². The second kappa shape index (κ2) is 5.70. The Morgan fingerprint density at radius 1 is 1.08 bits per heavy atom. The largest absolute Gasteiger partial charge is 0.346 e. The van der Waals surface area contributed by atoms with Crippen molar-refractivity contribution in [3.8, 4) is 11.4 Å². The minimum Gasteiger partial charge on any atom is -0.346 e. The van der Waals surface area contributed by atoms with E-state index in [0.717, 1.165) is 53.4 Å². The van der Waals surface area contributed by atoms with Crippen molar-refractivity contribution in [2.45, 2.75) is 18.9 Å². The molecular weight excluding hydrogens is 314 g/mol. The molecule has 1 fully saturated rings. The van der Waals surface area contributed by atoms with Crippen molar-refractivity contribution in [3.05, 3.63) is 54.7 Å². The number of benzene rings is 1. The minimum atomic E-state index is 0.151. The Labute approximate surface area is 144 Å². The van der Waals surface area contributed by atoms with Crippen molar-refractivity contribution in [2.24, 2.45) is 0 Å². The molecule has 4 heterocycles. The van der Waals surface area contributed by atoms with Crippen LogP contribution in [0.15, 0.2) is 48.9 Å². The van der Waals surface area contributed by atoms with E-state index in [4.69, 9.17) is 4.98 Å². The van der Waals surface area contributed by atoms with Crippen LogP contribution in [0.4, 0.5) is 5.82 Å². The molecule has 0 bridgehead atoms. The van der Waals surface area contributed by atoms with Gasteiger partial charge in [-0.05, 0) is 18.9 Å². The summed E-state index contributed by atoms with van der Waals surface area (Å²) in [5.74, 6) is 2.57. The van der Waals surface area contributed by atoms with Crippen LogP contribution in [0.25, 0.3) is 22.4 Å². The van der Waals surface area contributed by atoms with Gasteiger partial charge in [0.05, 0.1) is 11.4 Å². The van der Waals surface area contributed by atoms with Gasteiger partial charge in [-0.2, -0.15) is 5.10 Å². The molecule has 25 heavy (non-hydrogen) atoms. The first-order chi connectivity index (χ1) is 12.4. The first-order valence-corrected chi connectivity index (χ1v) is 8.42. The summed E-state index contributed by atoms with van der Waals surface area (Å²) in [4.78, 5) is 19.0. The van der Waals surface area contributed by atoms with E-state index >= 15 is 0 Å². The average molecular weight is 331 g/mol. The van der Waals surface area contributed by atoms with Crippen LogP contribution in [0.1, 0.15) is 24.7 Å². The summed E-state index contributed by atoms with van der Waals surface area (Å²) in [5.41, 5.74) is 1.88. The van der Waals surface area contributed by atoms with Crippen LogP contribution in [0.5, 0.6) is 0 Å². The molecule has 2 N–H and O–H groups in total. The molecule has 124 valence electrons. The minimum absolute atomic E-state index is 0.151. The van der Waals surface area contributed by atoms with Gasteiger partial charge >= 0.3 is 0 Å². The Kier molecular flexibility index (Phi) is 3.22. The summed E-state index contributed by atoms with van der Waals surface area (Å²) < 4.78 is 0. The molecular formula is C18H17N7. The van der Waals surface area contributed by atoms with E-state index < -0.39 is 0 Å². The van der Waals surface area contributed by atoms with Gasteiger partial charge in [0.15, 0.2) is 5.82 Å². The number of H-pyrrole nitrogens is 2. The van der Waals surface area contributed by atoms with Gasteiger partial charge in [-0.25, -0.2) is 15.0 Å². The lowest BCUT2D eigenvalue weighted by Crippen LogP contribution is -2.24. The number of aromatic nitrogens is 6. The standard InChI is InChI=1S/C18H17N7/c1-2-5-12(6-3-1)15-22-17(24-23-15)14-7-4-10-25(14)18-13-8-9-19-16(13)20-11-21-18/h1-3,5-6,8-9,11,14H,4,7,10H2,(H,19,20,21)(H,22,23,24)/t14-/m0/s1. The van der Waals surface area contributed by atoms with E-state index in [-0.39, 0.29) is 6.04 Å². The molecule has 0 unspecified atom stereocenters. The lowest BCUT2D eigenvalue weighted by molar-refractivity contribution is 0.665. The van der Waals surface area contributed by atoms with Crippen molar-refractivity contribution in [1.29, 1.82) is 0 Å². The lowest BCUT2D eigenvalue weighted by atomic mass is 10.2. The van der Waals surface area contributed by atoms with Crippen molar-refractivity contribution >= 4 is 16.9 Å². The highest BCUT2D eigenvalue weighted by atomic mass is 15.3. The molecule has 0 radical (unpaired) electrons. The fraction of sp³-hybridized carbons (Fsp3) is 0.222. The van der Waals surface area contributed by atoms with Crippen LogP contribution in [0.3, 0.4) is 0 Å². The highest BCUT2D eigenvalue weighted by Gasteiger charge is 2.31. The van der Waals surface area contributed by atoms with Crippen LogP contribution < -0.4 is 4.90 Å². The smallest absolute Gasteiger partial charge is 0.181 e. The summed E-state index contributed by atoms with van der Waals surface area (Å²) in [6, 6.07) is 12.2. The molecule has 4 aromatic rings. The molecule has 0 aliphatic carbocycles. The third-order valence-electron chi connectivity index (χ3n) is 4.71. The summed E-state index contributed by atoms with van der Waals surface area (Å²) >= 11 is 0. The quantitative estimate of drug-likeness (QED) is 0.602. The predicted molar refractivity (Wildman–Crippen MR) is 95.0 cm³/mol. The third kappa shape index (κ3) is 2.36. The first kappa shape index (κ1) is 14.2. The molecule has 0 amide bonds. The SMILES string of the molecule is c1ccc(-c2n[nH]c([C@@H]3CCCN3c3ncnc4[nH]ccc34)n2)cc1. The highest BCUT2D eigenvalue weighted by Crippen LogP contribution is 2.36.